The van der Waals surface area contributed by atoms with Crippen LogP contribution in [0.25, 0.3) is 0 Å². The van der Waals surface area contributed by atoms with Crippen molar-refractivity contribution >= 4 is 33.6 Å². The molecular formula is C18H19BrN2O3. The van der Waals surface area contributed by atoms with Crippen LogP contribution in [0.5, 0.6) is 0 Å². The normalized spacial score (nSPS) is 11.5. The second-order valence-electron chi connectivity index (χ2n) is 5.17. The topological polar surface area (TPSA) is 67.4 Å². The molecule has 0 aliphatic rings. The van der Waals surface area contributed by atoms with E-state index in [-0.39, 0.29) is 18.6 Å². The number of carbonyl (C=O) groups is 2. The van der Waals surface area contributed by atoms with Gasteiger partial charge in [0, 0.05) is 15.7 Å². The number of hydrogen-bond donors (Lipinski definition) is 2. The minimum Gasteiger partial charge on any atom is -0.450 e. The van der Waals surface area contributed by atoms with Crippen molar-refractivity contribution in [3.8, 4) is 0 Å². The number of ether oxygens (including phenoxy) is 1. The van der Waals surface area contributed by atoms with Gasteiger partial charge < -0.3 is 10.1 Å². The molecule has 24 heavy (non-hydrogen) atoms. The van der Waals surface area contributed by atoms with Gasteiger partial charge in [-0.15, -0.1) is 0 Å². The zero-order valence-corrected chi connectivity index (χ0v) is 15.1. The largest absolute Gasteiger partial charge is 0.450 e. The molecule has 6 heteroatoms. The number of amides is 2. The Bertz CT molecular complexity index is 716. The standard InChI is InChI=1S/C18H19BrN2O3/c1-3-24-18(23)21-16-6-4-5-14(11-16)17(22)20-12(2)13-7-9-15(19)10-8-13/h4-12H,3H2,1-2H3,(H,20,22)(H,21,23)/t12-/m0/s1. The summed E-state index contributed by atoms with van der Waals surface area (Å²) in [4.78, 5) is 23.8. The van der Waals surface area contributed by atoms with Crippen molar-refractivity contribution in [1.29, 1.82) is 0 Å². The van der Waals surface area contributed by atoms with Crippen LogP contribution >= 0.6 is 15.9 Å². The van der Waals surface area contributed by atoms with E-state index in [9.17, 15) is 9.59 Å². The van der Waals surface area contributed by atoms with Gasteiger partial charge in [-0.25, -0.2) is 4.79 Å². The van der Waals surface area contributed by atoms with Gasteiger partial charge >= 0.3 is 6.09 Å². The fraction of sp³-hybridized carbons (Fsp3) is 0.222. The quantitative estimate of drug-likeness (QED) is 0.788. The van der Waals surface area contributed by atoms with E-state index in [0.717, 1.165) is 10.0 Å². The highest BCUT2D eigenvalue weighted by atomic mass is 79.9. The van der Waals surface area contributed by atoms with Crippen molar-refractivity contribution in [2.45, 2.75) is 19.9 Å². The maximum absolute atomic E-state index is 12.4. The predicted molar refractivity (Wildman–Crippen MR) is 97.1 cm³/mol. The zero-order chi connectivity index (χ0) is 17.5. The molecule has 126 valence electrons. The third-order valence-electron chi connectivity index (χ3n) is 3.36. The van der Waals surface area contributed by atoms with Crippen LogP contribution in [0.2, 0.25) is 0 Å². The number of anilines is 1. The van der Waals surface area contributed by atoms with E-state index in [1.807, 2.05) is 31.2 Å². The van der Waals surface area contributed by atoms with Gasteiger partial charge in [-0.05, 0) is 49.7 Å². The molecule has 1 atom stereocenters. The fourth-order valence-electron chi connectivity index (χ4n) is 2.14. The van der Waals surface area contributed by atoms with E-state index < -0.39 is 6.09 Å². The average Bonchev–Trinajstić information content (AvgIpc) is 2.55. The Labute approximate surface area is 149 Å². The highest BCUT2D eigenvalue weighted by Gasteiger charge is 2.12. The van der Waals surface area contributed by atoms with E-state index in [2.05, 4.69) is 26.6 Å². The van der Waals surface area contributed by atoms with Gasteiger partial charge in [-0.3, -0.25) is 10.1 Å². The molecule has 2 amide bonds. The Kier molecular flexibility index (Phi) is 6.37. The van der Waals surface area contributed by atoms with Gasteiger partial charge in [-0.2, -0.15) is 0 Å². The Morgan fingerprint density at radius 1 is 1.17 bits per heavy atom. The highest BCUT2D eigenvalue weighted by Crippen LogP contribution is 2.18. The Hall–Kier alpha value is -2.34. The number of rotatable bonds is 5. The second kappa shape index (κ2) is 8.49. The average molecular weight is 391 g/mol. The molecule has 5 nitrogen and oxygen atoms in total. The molecule has 2 aromatic carbocycles. The van der Waals surface area contributed by atoms with Gasteiger partial charge in [0.25, 0.3) is 5.91 Å². The second-order valence-corrected chi connectivity index (χ2v) is 6.09. The van der Waals surface area contributed by atoms with Crippen LogP contribution in [0.15, 0.2) is 53.0 Å². The summed E-state index contributed by atoms with van der Waals surface area (Å²) in [6, 6.07) is 14.4. The first kappa shape index (κ1) is 18.0. The maximum Gasteiger partial charge on any atom is 0.411 e. The number of carbonyl (C=O) groups excluding carboxylic acids is 2. The zero-order valence-electron chi connectivity index (χ0n) is 13.5. The third kappa shape index (κ3) is 5.09. The van der Waals surface area contributed by atoms with E-state index in [1.54, 1.807) is 31.2 Å². The first-order valence-electron chi connectivity index (χ1n) is 7.59. The van der Waals surface area contributed by atoms with Crippen LogP contribution in [0.4, 0.5) is 10.5 Å². The van der Waals surface area contributed by atoms with Crippen molar-refractivity contribution in [2.75, 3.05) is 11.9 Å². The van der Waals surface area contributed by atoms with E-state index in [0.29, 0.717) is 11.3 Å². The van der Waals surface area contributed by atoms with Gasteiger partial charge in [0.05, 0.1) is 12.6 Å². The van der Waals surface area contributed by atoms with Crippen molar-refractivity contribution in [1.82, 2.24) is 5.32 Å². The molecule has 0 fully saturated rings. The lowest BCUT2D eigenvalue weighted by Gasteiger charge is -2.15. The summed E-state index contributed by atoms with van der Waals surface area (Å²) in [6.45, 7) is 3.94. The molecular weight excluding hydrogens is 372 g/mol. The van der Waals surface area contributed by atoms with Gasteiger partial charge in [0.1, 0.15) is 0 Å². The van der Waals surface area contributed by atoms with Gasteiger partial charge in [-0.1, -0.05) is 34.1 Å². The molecule has 0 aliphatic carbocycles. The molecule has 2 rings (SSSR count). The van der Waals surface area contributed by atoms with E-state index in [1.165, 1.54) is 0 Å². The molecule has 2 aromatic rings. The van der Waals surface area contributed by atoms with Crippen LogP contribution in [-0.2, 0) is 4.74 Å². The lowest BCUT2D eigenvalue weighted by Crippen LogP contribution is -2.26. The Balaban J connectivity index is 2.04. The summed E-state index contributed by atoms with van der Waals surface area (Å²) in [5, 5.41) is 5.52. The minimum atomic E-state index is -0.543. The lowest BCUT2D eigenvalue weighted by molar-refractivity contribution is 0.0939. The first-order valence-corrected chi connectivity index (χ1v) is 8.39. The fourth-order valence-corrected chi connectivity index (χ4v) is 2.40. The molecule has 0 saturated carbocycles. The highest BCUT2D eigenvalue weighted by molar-refractivity contribution is 9.10. The van der Waals surface area contributed by atoms with Crippen molar-refractivity contribution in [2.24, 2.45) is 0 Å². The molecule has 0 spiro atoms. The van der Waals surface area contributed by atoms with Crippen molar-refractivity contribution in [3.05, 3.63) is 64.1 Å². The van der Waals surface area contributed by atoms with Crippen molar-refractivity contribution < 1.29 is 14.3 Å². The van der Waals surface area contributed by atoms with Crippen LogP contribution in [0, 0.1) is 0 Å². The minimum absolute atomic E-state index is 0.132. The summed E-state index contributed by atoms with van der Waals surface area (Å²) in [5.41, 5.74) is 1.98. The number of nitrogens with one attached hydrogen (secondary N) is 2. The Morgan fingerprint density at radius 2 is 1.88 bits per heavy atom. The number of hydrogen-bond acceptors (Lipinski definition) is 3. The summed E-state index contributed by atoms with van der Waals surface area (Å²) in [6.07, 6.45) is -0.543. The first-order chi connectivity index (χ1) is 11.5. The SMILES string of the molecule is CCOC(=O)Nc1cccc(C(=O)N[C@@H](C)c2ccc(Br)cc2)c1. The number of benzene rings is 2. The maximum atomic E-state index is 12.4. The van der Waals surface area contributed by atoms with Crippen LogP contribution < -0.4 is 10.6 Å². The smallest absolute Gasteiger partial charge is 0.411 e. The predicted octanol–water partition coefficient (Wildman–Crippen LogP) is 4.51. The summed E-state index contributed by atoms with van der Waals surface area (Å²) >= 11 is 3.39. The molecule has 0 saturated heterocycles. The third-order valence-corrected chi connectivity index (χ3v) is 3.89. The summed E-state index contributed by atoms with van der Waals surface area (Å²) in [7, 11) is 0. The van der Waals surface area contributed by atoms with E-state index >= 15 is 0 Å². The molecule has 0 unspecified atom stereocenters. The molecule has 0 heterocycles. The summed E-state index contributed by atoms with van der Waals surface area (Å²) in [5.74, 6) is -0.210. The Morgan fingerprint density at radius 3 is 2.54 bits per heavy atom. The van der Waals surface area contributed by atoms with Crippen LogP contribution in [0.1, 0.15) is 35.8 Å². The molecule has 0 bridgehead atoms. The van der Waals surface area contributed by atoms with E-state index in [4.69, 9.17) is 4.74 Å². The summed E-state index contributed by atoms with van der Waals surface area (Å²) < 4.78 is 5.81. The van der Waals surface area contributed by atoms with Crippen LogP contribution in [-0.4, -0.2) is 18.6 Å². The van der Waals surface area contributed by atoms with Gasteiger partial charge in [0.2, 0.25) is 0 Å². The van der Waals surface area contributed by atoms with Gasteiger partial charge in [0.15, 0.2) is 0 Å². The molecule has 0 radical (unpaired) electrons. The molecule has 0 aliphatic heterocycles. The monoisotopic (exact) mass is 390 g/mol. The van der Waals surface area contributed by atoms with Crippen molar-refractivity contribution in [3.63, 3.8) is 0 Å². The lowest BCUT2D eigenvalue weighted by atomic mass is 10.1. The molecule has 2 N–H and O–H groups in total. The molecule has 0 aromatic heterocycles. The number of halogens is 1. The van der Waals surface area contributed by atoms with Crippen LogP contribution in [0.3, 0.4) is 0 Å².